The third kappa shape index (κ3) is 2.25. The molecule has 3 nitrogen and oxygen atoms in total. The third-order valence-electron chi connectivity index (χ3n) is 6.25. The number of para-hydroxylation sites is 1. The lowest BCUT2D eigenvalue weighted by Gasteiger charge is -2.49. The number of nitrogens with zero attached hydrogens (tertiary/aromatic N) is 1. The lowest BCUT2D eigenvalue weighted by atomic mass is 9.69. The Bertz CT molecular complexity index is 716. The summed E-state index contributed by atoms with van der Waals surface area (Å²) in [5.74, 6) is 0.358. The van der Waals surface area contributed by atoms with Gasteiger partial charge in [0, 0.05) is 40.5 Å². The number of piperidine rings is 1. The zero-order chi connectivity index (χ0) is 16.2. The fraction of sp³-hybridized carbons (Fsp3) is 0.600. The van der Waals surface area contributed by atoms with Crippen molar-refractivity contribution in [1.29, 1.82) is 0 Å². The first-order valence-electron chi connectivity index (χ1n) is 9.02. The van der Waals surface area contributed by atoms with E-state index in [1.165, 1.54) is 35.1 Å². The van der Waals surface area contributed by atoms with Crippen LogP contribution < -0.4 is 0 Å². The topological polar surface area (TPSA) is 39.3 Å². The van der Waals surface area contributed by atoms with Crippen molar-refractivity contribution in [3.05, 3.63) is 35.5 Å². The quantitative estimate of drug-likeness (QED) is 0.846. The summed E-state index contributed by atoms with van der Waals surface area (Å²) in [6, 6.07) is 9.09. The van der Waals surface area contributed by atoms with Crippen LogP contribution >= 0.6 is 0 Å². The van der Waals surface area contributed by atoms with Crippen molar-refractivity contribution in [3.63, 3.8) is 0 Å². The Balaban J connectivity index is 1.88. The first-order chi connectivity index (χ1) is 11.0. The van der Waals surface area contributed by atoms with Crippen LogP contribution in [0.5, 0.6) is 0 Å². The number of hydrogen-bond acceptors (Lipinski definition) is 2. The summed E-state index contributed by atoms with van der Waals surface area (Å²) in [5.41, 5.74) is 4.15. The molecule has 124 valence electrons. The average Bonchev–Trinajstić information content (AvgIpc) is 2.87. The molecule has 0 aliphatic carbocycles. The van der Waals surface area contributed by atoms with Crippen LogP contribution in [0.2, 0.25) is 0 Å². The number of nitrogens with one attached hydrogen (secondary N) is 1. The number of aromatic amines is 1. The average molecular weight is 312 g/mol. The predicted molar refractivity (Wildman–Crippen MR) is 94.8 cm³/mol. The van der Waals surface area contributed by atoms with Gasteiger partial charge in [0.15, 0.2) is 0 Å². The van der Waals surface area contributed by atoms with Gasteiger partial charge in [-0.25, -0.2) is 0 Å². The fourth-order valence-electron chi connectivity index (χ4n) is 5.26. The maximum Gasteiger partial charge on any atom is 0.0555 e. The minimum absolute atomic E-state index is 0.0208. The molecule has 0 radical (unpaired) electrons. The minimum atomic E-state index is -0.243. The van der Waals surface area contributed by atoms with Gasteiger partial charge in [-0.15, -0.1) is 0 Å². The Morgan fingerprint density at radius 3 is 2.83 bits per heavy atom. The molecule has 1 aromatic heterocycles. The molecule has 1 saturated heterocycles. The number of aromatic nitrogens is 1. The highest BCUT2D eigenvalue weighted by Gasteiger charge is 2.47. The van der Waals surface area contributed by atoms with E-state index in [4.69, 9.17) is 0 Å². The van der Waals surface area contributed by atoms with Gasteiger partial charge in [-0.05, 0) is 44.4 Å². The summed E-state index contributed by atoms with van der Waals surface area (Å²) in [6.07, 6.45) is 3.20. The SMILES string of the molecule is C[C@@H](O)C1CCCN2CCc3c([nH]c4ccccc34)C(C)(C)C12. The first kappa shape index (κ1) is 15.2. The molecule has 2 aromatic rings. The second-order valence-corrected chi connectivity index (χ2v) is 8.02. The Hall–Kier alpha value is -1.32. The van der Waals surface area contributed by atoms with Crippen molar-refractivity contribution in [2.75, 3.05) is 13.1 Å². The van der Waals surface area contributed by atoms with Crippen molar-refractivity contribution >= 4 is 10.9 Å². The third-order valence-corrected chi connectivity index (χ3v) is 6.25. The van der Waals surface area contributed by atoms with Crippen molar-refractivity contribution in [2.24, 2.45) is 5.92 Å². The van der Waals surface area contributed by atoms with Gasteiger partial charge in [-0.3, -0.25) is 4.90 Å². The van der Waals surface area contributed by atoms with Crippen LogP contribution in [0.4, 0.5) is 0 Å². The summed E-state index contributed by atoms with van der Waals surface area (Å²) >= 11 is 0. The van der Waals surface area contributed by atoms with Gasteiger partial charge < -0.3 is 10.1 Å². The lowest BCUT2D eigenvalue weighted by Crippen LogP contribution is -2.56. The second kappa shape index (κ2) is 5.35. The Morgan fingerprint density at radius 1 is 1.26 bits per heavy atom. The van der Waals surface area contributed by atoms with E-state index in [1.807, 2.05) is 6.92 Å². The maximum atomic E-state index is 10.4. The molecule has 0 spiro atoms. The molecule has 0 amide bonds. The zero-order valence-electron chi connectivity index (χ0n) is 14.5. The molecule has 0 bridgehead atoms. The van der Waals surface area contributed by atoms with Crippen molar-refractivity contribution in [2.45, 2.75) is 57.6 Å². The van der Waals surface area contributed by atoms with Crippen molar-refractivity contribution in [3.8, 4) is 0 Å². The molecule has 1 fully saturated rings. The van der Waals surface area contributed by atoms with Gasteiger partial charge in [0.1, 0.15) is 0 Å². The minimum Gasteiger partial charge on any atom is -0.393 e. The van der Waals surface area contributed by atoms with E-state index < -0.39 is 0 Å². The van der Waals surface area contributed by atoms with Crippen LogP contribution in [0.3, 0.4) is 0 Å². The number of benzene rings is 1. The lowest BCUT2D eigenvalue weighted by molar-refractivity contribution is -0.0145. The van der Waals surface area contributed by atoms with E-state index in [2.05, 4.69) is 48.0 Å². The molecule has 2 N–H and O–H groups in total. The number of fused-ring (bicyclic) bond motifs is 4. The van der Waals surface area contributed by atoms with E-state index in [-0.39, 0.29) is 11.5 Å². The van der Waals surface area contributed by atoms with Crippen molar-refractivity contribution in [1.82, 2.24) is 9.88 Å². The monoisotopic (exact) mass is 312 g/mol. The number of aliphatic hydroxyl groups is 1. The number of rotatable bonds is 1. The summed E-state index contributed by atoms with van der Waals surface area (Å²) in [7, 11) is 0. The molecular weight excluding hydrogens is 284 g/mol. The molecule has 0 saturated carbocycles. The molecule has 3 heterocycles. The van der Waals surface area contributed by atoms with E-state index >= 15 is 0 Å². The maximum absolute atomic E-state index is 10.4. The van der Waals surface area contributed by atoms with Crippen LogP contribution in [-0.4, -0.2) is 40.2 Å². The van der Waals surface area contributed by atoms with Crippen LogP contribution in [0, 0.1) is 5.92 Å². The van der Waals surface area contributed by atoms with Gasteiger partial charge in [0.25, 0.3) is 0 Å². The summed E-state index contributed by atoms with van der Waals surface area (Å²) in [5, 5.41) is 11.8. The fourth-order valence-corrected chi connectivity index (χ4v) is 5.26. The van der Waals surface area contributed by atoms with Crippen LogP contribution in [0.25, 0.3) is 10.9 Å². The van der Waals surface area contributed by atoms with Gasteiger partial charge in [-0.2, -0.15) is 0 Å². The smallest absolute Gasteiger partial charge is 0.0555 e. The standard InChI is InChI=1S/C20H28N2O/c1-13(23)14-8-6-11-22-12-10-16-15-7-4-5-9-17(15)21-18(16)20(2,3)19(14)22/h4-5,7,9,13-14,19,21,23H,6,8,10-12H2,1-3H3/t13-,14?,19?/m1/s1. The molecule has 1 aromatic carbocycles. The van der Waals surface area contributed by atoms with Crippen LogP contribution in [-0.2, 0) is 11.8 Å². The van der Waals surface area contributed by atoms with Gasteiger partial charge in [0.05, 0.1) is 6.10 Å². The summed E-state index contributed by atoms with van der Waals surface area (Å²) < 4.78 is 0. The Morgan fingerprint density at radius 2 is 2.04 bits per heavy atom. The molecule has 2 unspecified atom stereocenters. The number of H-pyrrole nitrogens is 1. The molecule has 2 aliphatic heterocycles. The number of aliphatic hydroxyl groups excluding tert-OH is 1. The van der Waals surface area contributed by atoms with Crippen LogP contribution in [0.1, 0.15) is 44.9 Å². The molecule has 3 atom stereocenters. The molecule has 4 rings (SSSR count). The summed E-state index contributed by atoms with van der Waals surface area (Å²) in [4.78, 5) is 6.37. The molecule has 3 heteroatoms. The highest BCUT2D eigenvalue weighted by molar-refractivity contribution is 5.85. The molecular formula is C20H28N2O. The molecule has 2 aliphatic rings. The van der Waals surface area contributed by atoms with Gasteiger partial charge in [-0.1, -0.05) is 32.0 Å². The van der Waals surface area contributed by atoms with E-state index in [0.29, 0.717) is 12.0 Å². The predicted octanol–water partition coefficient (Wildman–Crippen LogP) is 3.46. The Kier molecular flexibility index (Phi) is 3.54. The highest BCUT2D eigenvalue weighted by atomic mass is 16.3. The normalized spacial score (nSPS) is 28.9. The van der Waals surface area contributed by atoms with E-state index in [0.717, 1.165) is 19.4 Å². The first-order valence-corrected chi connectivity index (χ1v) is 9.02. The van der Waals surface area contributed by atoms with Crippen LogP contribution in [0.15, 0.2) is 24.3 Å². The molecule has 23 heavy (non-hydrogen) atoms. The number of hydrogen-bond donors (Lipinski definition) is 2. The largest absolute Gasteiger partial charge is 0.393 e. The van der Waals surface area contributed by atoms with Gasteiger partial charge in [0.2, 0.25) is 0 Å². The Labute approximate surface area is 138 Å². The second-order valence-electron chi connectivity index (χ2n) is 8.02. The highest BCUT2D eigenvalue weighted by Crippen LogP contribution is 2.44. The van der Waals surface area contributed by atoms with E-state index in [9.17, 15) is 5.11 Å². The zero-order valence-corrected chi connectivity index (χ0v) is 14.5. The van der Waals surface area contributed by atoms with E-state index in [1.54, 1.807) is 0 Å². The van der Waals surface area contributed by atoms with Gasteiger partial charge >= 0.3 is 0 Å². The van der Waals surface area contributed by atoms with Crippen molar-refractivity contribution < 1.29 is 5.11 Å². The summed E-state index contributed by atoms with van der Waals surface area (Å²) in [6.45, 7) is 8.97.